The predicted octanol–water partition coefficient (Wildman–Crippen LogP) is 4.65. The van der Waals surface area contributed by atoms with Crippen molar-refractivity contribution in [1.82, 2.24) is 14.5 Å². The molecule has 3 aromatic carbocycles. The number of benzene rings is 3. The van der Waals surface area contributed by atoms with E-state index < -0.39 is 11.2 Å². The van der Waals surface area contributed by atoms with Gasteiger partial charge in [0.15, 0.2) is 0 Å². The lowest BCUT2D eigenvalue weighted by molar-refractivity contribution is -0.122. The monoisotopic (exact) mass is 481 g/mol. The minimum Gasteiger partial charge on any atom is -0.348 e. The van der Waals surface area contributed by atoms with Crippen LogP contribution in [0.2, 0.25) is 10.0 Å². The summed E-state index contributed by atoms with van der Waals surface area (Å²) in [6.07, 6.45) is 0. The number of nitrogens with zero attached hydrogens (tertiary/aromatic N) is 2. The molecular formula is C25H21Cl2N3O3. The second kappa shape index (κ2) is 9.25. The van der Waals surface area contributed by atoms with E-state index in [1.54, 1.807) is 30.3 Å². The molecule has 0 aliphatic rings. The van der Waals surface area contributed by atoms with Crippen LogP contribution < -0.4 is 16.6 Å². The summed E-state index contributed by atoms with van der Waals surface area (Å²) in [7, 11) is 0. The van der Waals surface area contributed by atoms with Gasteiger partial charge in [0, 0.05) is 10.0 Å². The third-order valence-electron chi connectivity index (χ3n) is 5.50. The van der Waals surface area contributed by atoms with E-state index in [-0.39, 0.29) is 29.4 Å². The molecule has 4 aromatic rings. The number of hydrogen-bond acceptors (Lipinski definition) is 3. The van der Waals surface area contributed by atoms with E-state index in [2.05, 4.69) is 5.32 Å². The Kier molecular flexibility index (Phi) is 6.40. The lowest BCUT2D eigenvalue weighted by atomic mass is 10.1. The third kappa shape index (κ3) is 4.58. The molecule has 0 bridgehead atoms. The Labute approximate surface area is 200 Å². The fraction of sp³-hybridized carbons (Fsp3) is 0.160. The van der Waals surface area contributed by atoms with Crippen LogP contribution >= 0.6 is 23.2 Å². The largest absolute Gasteiger partial charge is 0.348 e. The van der Waals surface area contributed by atoms with Crippen LogP contribution in [-0.4, -0.2) is 15.0 Å². The fourth-order valence-electron chi connectivity index (χ4n) is 3.70. The summed E-state index contributed by atoms with van der Waals surface area (Å²) in [6.45, 7) is 3.40. The Balaban J connectivity index is 1.82. The van der Waals surface area contributed by atoms with Crippen molar-refractivity contribution in [3.63, 3.8) is 0 Å². The topological polar surface area (TPSA) is 73.1 Å². The van der Waals surface area contributed by atoms with Crippen LogP contribution in [0.4, 0.5) is 0 Å². The molecule has 1 amide bonds. The number of aromatic nitrogens is 2. The number of hydrogen-bond donors (Lipinski definition) is 1. The maximum Gasteiger partial charge on any atom is 0.336 e. The Morgan fingerprint density at radius 1 is 1.00 bits per heavy atom. The van der Waals surface area contributed by atoms with Gasteiger partial charge in [-0.15, -0.1) is 0 Å². The molecule has 0 spiro atoms. The number of amides is 1. The zero-order chi connectivity index (χ0) is 23.7. The smallest absolute Gasteiger partial charge is 0.336 e. The van der Waals surface area contributed by atoms with E-state index in [0.717, 1.165) is 15.7 Å². The van der Waals surface area contributed by atoms with E-state index in [1.807, 2.05) is 44.2 Å². The zero-order valence-corrected chi connectivity index (χ0v) is 19.5. The van der Waals surface area contributed by atoms with Crippen molar-refractivity contribution in [2.24, 2.45) is 0 Å². The minimum atomic E-state index is -0.655. The first-order valence-electron chi connectivity index (χ1n) is 10.3. The number of carbonyl (C=O) groups is 1. The van der Waals surface area contributed by atoms with Crippen LogP contribution in [0.25, 0.3) is 16.6 Å². The fourth-order valence-corrected chi connectivity index (χ4v) is 4.04. The molecule has 0 unspecified atom stereocenters. The van der Waals surface area contributed by atoms with Crippen molar-refractivity contribution in [3.05, 3.63) is 109 Å². The van der Waals surface area contributed by atoms with Crippen molar-refractivity contribution in [1.29, 1.82) is 0 Å². The first kappa shape index (κ1) is 22.8. The van der Waals surface area contributed by atoms with Gasteiger partial charge in [-0.1, -0.05) is 59.6 Å². The summed E-state index contributed by atoms with van der Waals surface area (Å²) in [5.41, 5.74) is 1.19. The molecule has 0 saturated heterocycles. The molecule has 1 atom stereocenters. The van der Waals surface area contributed by atoms with Gasteiger partial charge in [-0.25, -0.2) is 9.36 Å². The summed E-state index contributed by atoms with van der Waals surface area (Å²) in [4.78, 5) is 39.6. The van der Waals surface area contributed by atoms with Crippen molar-refractivity contribution < 1.29 is 4.79 Å². The van der Waals surface area contributed by atoms with Crippen LogP contribution in [0.3, 0.4) is 0 Å². The SMILES string of the molecule is Cc1ccc(-n2c(=O)c3ccc(Cl)cc3n(CC(=O)N[C@H](C)c3ccccc3)c2=O)cc1Cl. The van der Waals surface area contributed by atoms with Gasteiger partial charge < -0.3 is 5.32 Å². The molecule has 4 rings (SSSR count). The third-order valence-corrected chi connectivity index (χ3v) is 6.14. The van der Waals surface area contributed by atoms with Gasteiger partial charge in [0.25, 0.3) is 5.56 Å². The van der Waals surface area contributed by atoms with Gasteiger partial charge >= 0.3 is 5.69 Å². The van der Waals surface area contributed by atoms with Crippen molar-refractivity contribution in [3.8, 4) is 5.69 Å². The second-order valence-corrected chi connectivity index (χ2v) is 8.65. The molecule has 1 aromatic heterocycles. The molecule has 0 aliphatic heterocycles. The van der Waals surface area contributed by atoms with E-state index in [1.165, 1.54) is 10.6 Å². The van der Waals surface area contributed by atoms with Gasteiger partial charge in [0.05, 0.1) is 22.6 Å². The van der Waals surface area contributed by atoms with Gasteiger partial charge in [0.1, 0.15) is 6.54 Å². The molecule has 0 fully saturated rings. The standard InChI is InChI=1S/C25H21Cl2N3O3/c1-15-8-10-19(13-21(15)27)30-24(32)20-11-9-18(26)12-22(20)29(25(30)33)14-23(31)28-16(2)17-6-4-3-5-7-17/h3-13,16H,14H2,1-2H3,(H,28,31)/t16-/m1/s1. The number of carbonyl (C=O) groups excluding carboxylic acids is 1. The molecule has 33 heavy (non-hydrogen) atoms. The van der Waals surface area contributed by atoms with Crippen LogP contribution in [-0.2, 0) is 11.3 Å². The molecule has 0 radical (unpaired) electrons. The van der Waals surface area contributed by atoms with Gasteiger partial charge in [-0.2, -0.15) is 0 Å². The molecule has 168 valence electrons. The van der Waals surface area contributed by atoms with Crippen molar-refractivity contribution in [2.45, 2.75) is 26.4 Å². The van der Waals surface area contributed by atoms with Gasteiger partial charge in [0.2, 0.25) is 5.91 Å². The van der Waals surface area contributed by atoms with E-state index in [9.17, 15) is 14.4 Å². The Bertz CT molecular complexity index is 1480. The normalized spacial score (nSPS) is 12.0. The highest BCUT2D eigenvalue weighted by atomic mass is 35.5. The molecule has 1 heterocycles. The predicted molar refractivity (Wildman–Crippen MR) is 132 cm³/mol. The zero-order valence-electron chi connectivity index (χ0n) is 18.0. The number of nitrogens with one attached hydrogen (secondary N) is 1. The summed E-state index contributed by atoms with van der Waals surface area (Å²) in [5.74, 6) is -0.373. The van der Waals surface area contributed by atoms with E-state index in [0.29, 0.717) is 15.7 Å². The molecule has 1 N–H and O–H groups in total. The average Bonchev–Trinajstić information content (AvgIpc) is 2.79. The summed E-state index contributed by atoms with van der Waals surface area (Å²) < 4.78 is 2.28. The van der Waals surface area contributed by atoms with E-state index >= 15 is 0 Å². The number of rotatable bonds is 5. The molecular weight excluding hydrogens is 461 g/mol. The summed E-state index contributed by atoms with van der Waals surface area (Å²) in [6, 6.07) is 18.8. The lowest BCUT2D eigenvalue weighted by Gasteiger charge is -2.17. The maximum atomic E-state index is 13.5. The Morgan fingerprint density at radius 2 is 1.73 bits per heavy atom. The second-order valence-electron chi connectivity index (χ2n) is 7.80. The van der Waals surface area contributed by atoms with Crippen LogP contribution in [0.15, 0.2) is 76.3 Å². The number of fused-ring (bicyclic) bond motifs is 1. The van der Waals surface area contributed by atoms with Crippen LogP contribution in [0.5, 0.6) is 0 Å². The van der Waals surface area contributed by atoms with Gasteiger partial charge in [-0.3, -0.25) is 14.2 Å². The van der Waals surface area contributed by atoms with Gasteiger partial charge in [-0.05, 0) is 55.3 Å². The first-order chi connectivity index (χ1) is 15.8. The highest BCUT2D eigenvalue weighted by Crippen LogP contribution is 2.20. The average molecular weight is 482 g/mol. The molecule has 0 saturated carbocycles. The minimum absolute atomic E-state index is 0.258. The Hall–Kier alpha value is -3.35. The highest BCUT2D eigenvalue weighted by molar-refractivity contribution is 6.31. The van der Waals surface area contributed by atoms with E-state index in [4.69, 9.17) is 23.2 Å². The number of halogens is 2. The summed E-state index contributed by atoms with van der Waals surface area (Å²) >= 11 is 12.4. The quantitative estimate of drug-likeness (QED) is 0.450. The Morgan fingerprint density at radius 3 is 2.42 bits per heavy atom. The first-order valence-corrected chi connectivity index (χ1v) is 11.1. The molecule has 0 aliphatic carbocycles. The highest BCUT2D eigenvalue weighted by Gasteiger charge is 2.18. The van der Waals surface area contributed by atoms with Crippen molar-refractivity contribution >= 4 is 40.0 Å². The molecule has 8 heteroatoms. The van der Waals surface area contributed by atoms with Crippen LogP contribution in [0, 0.1) is 6.92 Å². The summed E-state index contributed by atoms with van der Waals surface area (Å²) in [5, 5.41) is 3.94. The lowest BCUT2D eigenvalue weighted by Crippen LogP contribution is -2.42. The van der Waals surface area contributed by atoms with Crippen molar-refractivity contribution in [2.75, 3.05) is 0 Å². The number of aryl methyl sites for hydroxylation is 1. The maximum absolute atomic E-state index is 13.5. The molecule has 6 nitrogen and oxygen atoms in total. The van der Waals surface area contributed by atoms with Crippen LogP contribution in [0.1, 0.15) is 24.1 Å².